The first-order valence-electron chi connectivity index (χ1n) is 5.10. The first-order chi connectivity index (χ1) is 8.15. The van der Waals surface area contributed by atoms with Crippen molar-refractivity contribution in [2.24, 2.45) is 5.16 Å². The van der Waals surface area contributed by atoms with Crippen molar-refractivity contribution in [3.63, 3.8) is 0 Å². The summed E-state index contributed by atoms with van der Waals surface area (Å²) in [5.74, 6) is 1.25. The molecule has 17 heavy (non-hydrogen) atoms. The molecule has 0 radical (unpaired) electrons. The van der Waals surface area contributed by atoms with Gasteiger partial charge in [0.15, 0.2) is 11.5 Å². The van der Waals surface area contributed by atoms with Crippen LogP contribution in [0.4, 0.5) is 0 Å². The summed E-state index contributed by atoms with van der Waals surface area (Å²) in [6.45, 7) is 4.87. The van der Waals surface area contributed by atoms with Gasteiger partial charge in [0.25, 0.3) is 0 Å². The molecule has 1 aromatic carbocycles. The Hall–Kier alpha value is -0.750. The Balaban J connectivity index is 3.33. The molecular weight excluding hydrogens is 354 g/mol. The molecule has 0 saturated heterocycles. The maximum Gasteiger partial charge on any atom is 0.176 e. The largest absolute Gasteiger partial charge is 0.490 e. The monoisotopic (exact) mass is 365 g/mol. The molecular formula is C11H13Br2NO3. The van der Waals surface area contributed by atoms with Crippen molar-refractivity contribution in [1.82, 2.24) is 0 Å². The smallest absolute Gasteiger partial charge is 0.176 e. The van der Waals surface area contributed by atoms with Crippen molar-refractivity contribution in [2.75, 3.05) is 13.2 Å². The van der Waals surface area contributed by atoms with Gasteiger partial charge in [0.2, 0.25) is 0 Å². The topological polar surface area (TPSA) is 51.0 Å². The van der Waals surface area contributed by atoms with Crippen molar-refractivity contribution < 1.29 is 14.7 Å². The lowest BCUT2D eigenvalue weighted by Gasteiger charge is -2.15. The second-order valence-electron chi connectivity index (χ2n) is 3.03. The summed E-state index contributed by atoms with van der Waals surface area (Å²) in [6, 6.07) is 1.75. The van der Waals surface area contributed by atoms with Crippen LogP contribution in [0, 0.1) is 0 Å². The van der Waals surface area contributed by atoms with Gasteiger partial charge in [0.05, 0.1) is 23.9 Å². The van der Waals surface area contributed by atoms with E-state index in [1.54, 1.807) is 6.07 Å². The number of hydrogen-bond donors (Lipinski definition) is 1. The van der Waals surface area contributed by atoms with Gasteiger partial charge >= 0.3 is 0 Å². The van der Waals surface area contributed by atoms with Crippen molar-refractivity contribution in [3.8, 4) is 11.5 Å². The van der Waals surface area contributed by atoms with Crippen LogP contribution >= 0.6 is 31.9 Å². The zero-order valence-electron chi connectivity index (χ0n) is 9.54. The number of benzene rings is 1. The predicted molar refractivity (Wildman–Crippen MR) is 73.6 cm³/mol. The highest BCUT2D eigenvalue weighted by atomic mass is 79.9. The maximum absolute atomic E-state index is 8.59. The van der Waals surface area contributed by atoms with E-state index in [0.29, 0.717) is 30.3 Å². The summed E-state index contributed by atoms with van der Waals surface area (Å²) in [4.78, 5) is 0. The molecule has 0 amide bonds. The Morgan fingerprint density at radius 1 is 1.24 bits per heavy atom. The molecule has 1 N–H and O–H groups in total. The van der Waals surface area contributed by atoms with Crippen LogP contribution in [0.1, 0.15) is 19.4 Å². The molecule has 1 aromatic rings. The van der Waals surface area contributed by atoms with Gasteiger partial charge in [-0.05, 0) is 51.8 Å². The van der Waals surface area contributed by atoms with Gasteiger partial charge in [-0.25, -0.2) is 0 Å². The molecule has 0 spiro atoms. The van der Waals surface area contributed by atoms with Crippen LogP contribution in [0.25, 0.3) is 0 Å². The SMILES string of the molecule is CCOc1cc(/C=N/O)c(Br)c(Br)c1OCC. The van der Waals surface area contributed by atoms with E-state index in [-0.39, 0.29) is 0 Å². The average Bonchev–Trinajstić information content (AvgIpc) is 2.31. The van der Waals surface area contributed by atoms with Gasteiger partial charge in [-0.3, -0.25) is 0 Å². The maximum atomic E-state index is 8.59. The summed E-state index contributed by atoms with van der Waals surface area (Å²) in [5.41, 5.74) is 0.700. The molecule has 4 nitrogen and oxygen atoms in total. The van der Waals surface area contributed by atoms with Gasteiger partial charge in [-0.15, -0.1) is 0 Å². The van der Waals surface area contributed by atoms with Gasteiger partial charge in [0, 0.05) is 10.0 Å². The number of ether oxygens (including phenoxy) is 2. The summed E-state index contributed by atoms with van der Waals surface area (Å²) in [6.07, 6.45) is 1.33. The predicted octanol–water partition coefficient (Wildman–Crippen LogP) is 3.82. The van der Waals surface area contributed by atoms with E-state index < -0.39 is 0 Å². The van der Waals surface area contributed by atoms with E-state index in [1.165, 1.54) is 6.21 Å². The molecule has 0 aliphatic rings. The number of rotatable bonds is 5. The van der Waals surface area contributed by atoms with Gasteiger partial charge in [-0.1, -0.05) is 5.16 Å². The molecule has 0 atom stereocenters. The van der Waals surface area contributed by atoms with Crippen LogP contribution in [-0.2, 0) is 0 Å². The Morgan fingerprint density at radius 2 is 1.88 bits per heavy atom. The lowest BCUT2D eigenvalue weighted by atomic mass is 10.2. The van der Waals surface area contributed by atoms with Gasteiger partial charge in [0.1, 0.15) is 0 Å². The van der Waals surface area contributed by atoms with Crippen LogP contribution < -0.4 is 9.47 Å². The second-order valence-corrected chi connectivity index (χ2v) is 4.62. The molecule has 0 aromatic heterocycles. The minimum atomic E-state index is 0.532. The van der Waals surface area contributed by atoms with Gasteiger partial charge in [-0.2, -0.15) is 0 Å². The fourth-order valence-corrected chi connectivity index (χ4v) is 2.24. The van der Waals surface area contributed by atoms with Crippen LogP contribution in [0.3, 0.4) is 0 Å². The van der Waals surface area contributed by atoms with Crippen molar-refractivity contribution >= 4 is 38.1 Å². The third-order valence-electron chi connectivity index (χ3n) is 1.94. The molecule has 0 unspecified atom stereocenters. The number of oxime groups is 1. The summed E-state index contributed by atoms with van der Waals surface area (Å²) < 4.78 is 12.5. The normalized spacial score (nSPS) is 10.8. The minimum absolute atomic E-state index is 0.532. The van der Waals surface area contributed by atoms with Gasteiger partial charge < -0.3 is 14.7 Å². The Morgan fingerprint density at radius 3 is 2.41 bits per heavy atom. The van der Waals surface area contributed by atoms with Crippen molar-refractivity contribution in [3.05, 3.63) is 20.6 Å². The highest BCUT2D eigenvalue weighted by Gasteiger charge is 2.16. The van der Waals surface area contributed by atoms with E-state index in [4.69, 9.17) is 14.7 Å². The van der Waals surface area contributed by atoms with Crippen LogP contribution in [0.5, 0.6) is 11.5 Å². The first-order valence-corrected chi connectivity index (χ1v) is 6.69. The van der Waals surface area contributed by atoms with Crippen molar-refractivity contribution in [1.29, 1.82) is 0 Å². The average molecular weight is 367 g/mol. The Labute approximate surface area is 117 Å². The lowest BCUT2D eigenvalue weighted by Crippen LogP contribution is -2.01. The van der Waals surface area contributed by atoms with Crippen LogP contribution in [-0.4, -0.2) is 24.6 Å². The minimum Gasteiger partial charge on any atom is -0.490 e. The quantitative estimate of drug-likeness (QED) is 0.489. The fraction of sp³-hybridized carbons (Fsp3) is 0.364. The Bertz CT molecular complexity index is 422. The third kappa shape index (κ3) is 3.35. The number of nitrogens with zero attached hydrogens (tertiary/aromatic N) is 1. The summed E-state index contributed by atoms with van der Waals surface area (Å²) in [7, 11) is 0. The van der Waals surface area contributed by atoms with E-state index in [9.17, 15) is 0 Å². The summed E-state index contributed by atoms with van der Waals surface area (Å²) in [5, 5.41) is 11.6. The van der Waals surface area contributed by atoms with E-state index in [0.717, 1.165) is 8.95 Å². The molecule has 0 bridgehead atoms. The molecule has 0 aliphatic carbocycles. The molecule has 0 aliphatic heterocycles. The molecule has 6 heteroatoms. The first kappa shape index (κ1) is 14.3. The molecule has 0 heterocycles. The molecule has 0 fully saturated rings. The molecule has 1 rings (SSSR count). The number of hydrogen-bond acceptors (Lipinski definition) is 4. The van der Waals surface area contributed by atoms with Crippen molar-refractivity contribution in [2.45, 2.75) is 13.8 Å². The third-order valence-corrected chi connectivity index (χ3v) is 4.08. The highest BCUT2D eigenvalue weighted by molar-refractivity contribution is 9.13. The fourth-order valence-electron chi connectivity index (χ4n) is 1.30. The molecule has 0 saturated carbocycles. The van der Waals surface area contributed by atoms with Crippen LogP contribution in [0.15, 0.2) is 20.2 Å². The standard InChI is InChI=1S/C11H13Br2NO3/c1-3-16-8-5-7(6-14-15)9(12)10(13)11(8)17-4-2/h5-6,15H,3-4H2,1-2H3/b14-6+. The van der Waals surface area contributed by atoms with E-state index in [2.05, 4.69) is 37.0 Å². The van der Waals surface area contributed by atoms with Crippen LogP contribution in [0.2, 0.25) is 0 Å². The highest BCUT2D eigenvalue weighted by Crippen LogP contribution is 2.42. The lowest BCUT2D eigenvalue weighted by molar-refractivity contribution is 0.286. The second kappa shape index (κ2) is 6.86. The molecule has 94 valence electrons. The summed E-state index contributed by atoms with van der Waals surface area (Å²) >= 11 is 6.83. The van der Waals surface area contributed by atoms with E-state index in [1.807, 2.05) is 13.8 Å². The Kier molecular flexibility index (Phi) is 5.77. The number of halogens is 2. The zero-order chi connectivity index (χ0) is 12.8. The van der Waals surface area contributed by atoms with E-state index >= 15 is 0 Å². The zero-order valence-corrected chi connectivity index (χ0v) is 12.7.